The fourth-order valence-electron chi connectivity index (χ4n) is 1.56. The molecule has 1 heterocycles. The Labute approximate surface area is 92.5 Å². The second-order valence-corrected chi connectivity index (χ2v) is 3.57. The van der Waals surface area contributed by atoms with Gasteiger partial charge in [0, 0.05) is 21.0 Å². The van der Waals surface area contributed by atoms with Gasteiger partial charge in [-0.05, 0) is 6.42 Å². The number of nitrogens with zero attached hydrogens (tertiary/aromatic N) is 2. The lowest BCUT2D eigenvalue weighted by Crippen LogP contribution is -2.40. The van der Waals surface area contributed by atoms with Gasteiger partial charge in [-0.15, -0.1) is 0 Å². The van der Waals surface area contributed by atoms with Gasteiger partial charge in [-0.2, -0.15) is 0 Å². The van der Waals surface area contributed by atoms with Crippen molar-refractivity contribution in [3.05, 3.63) is 26.4 Å². The van der Waals surface area contributed by atoms with Crippen LogP contribution in [0.25, 0.3) is 0 Å². The van der Waals surface area contributed by atoms with Crippen molar-refractivity contribution in [3.8, 4) is 0 Å². The van der Waals surface area contributed by atoms with E-state index < -0.39 is 5.69 Å². The fourth-order valence-corrected chi connectivity index (χ4v) is 1.56. The molecule has 6 nitrogen and oxygen atoms in total. The number of amides is 1. The first-order valence-corrected chi connectivity index (χ1v) is 4.96. The highest BCUT2D eigenvalue weighted by Gasteiger charge is 2.14. The molecule has 0 spiro atoms. The van der Waals surface area contributed by atoms with E-state index in [0.717, 1.165) is 4.57 Å². The second-order valence-electron chi connectivity index (χ2n) is 3.57. The lowest BCUT2D eigenvalue weighted by atomic mass is 10.2. The quantitative estimate of drug-likeness (QED) is 0.744. The molecule has 0 unspecified atom stereocenters. The van der Waals surface area contributed by atoms with Gasteiger partial charge in [0.05, 0.1) is 5.56 Å². The Hall–Kier alpha value is -1.85. The third-order valence-corrected chi connectivity index (χ3v) is 2.41. The summed E-state index contributed by atoms with van der Waals surface area (Å²) in [5, 5.41) is 2.51. The van der Waals surface area contributed by atoms with Crippen molar-refractivity contribution in [2.24, 2.45) is 14.1 Å². The zero-order valence-corrected chi connectivity index (χ0v) is 9.83. The summed E-state index contributed by atoms with van der Waals surface area (Å²) in [7, 11) is 2.94. The Bertz CT molecular complexity index is 539. The van der Waals surface area contributed by atoms with Crippen LogP contribution in [0, 0.1) is 0 Å². The number of anilines is 1. The van der Waals surface area contributed by atoms with Crippen molar-refractivity contribution in [2.75, 3.05) is 5.32 Å². The van der Waals surface area contributed by atoms with E-state index in [4.69, 9.17) is 0 Å². The molecule has 6 heteroatoms. The molecule has 0 aliphatic carbocycles. The highest BCUT2D eigenvalue weighted by molar-refractivity contribution is 5.88. The SMILES string of the molecule is CCc1c(NC(C)=O)n(C)c(=O)n(C)c1=O. The summed E-state index contributed by atoms with van der Waals surface area (Å²) in [6.45, 7) is 3.13. The Morgan fingerprint density at radius 2 is 1.81 bits per heavy atom. The molecule has 88 valence electrons. The van der Waals surface area contributed by atoms with Gasteiger partial charge in [0.1, 0.15) is 5.82 Å². The minimum absolute atomic E-state index is 0.281. The van der Waals surface area contributed by atoms with Crippen LogP contribution >= 0.6 is 0 Å². The monoisotopic (exact) mass is 225 g/mol. The van der Waals surface area contributed by atoms with Crippen LogP contribution in [0.1, 0.15) is 19.4 Å². The smallest absolute Gasteiger partial charge is 0.312 e. The normalized spacial score (nSPS) is 10.2. The summed E-state index contributed by atoms with van der Waals surface area (Å²) in [6.07, 6.45) is 0.455. The Morgan fingerprint density at radius 3 is 2.25 bits per heavy atom. The molecule has 0 bridgehead atoms. The maximum Gasteiger partial charge on any atom is 0.332 e. The topological polar surface area (TPSA) is 73.1 Å². The average Bonchev–Trinajstić information content (AvgIpc) is 2.23. The molecule has 0 aliphatic rings. The van der Waals surface area contributed by atoms with E-state index in [-0.39, 0.29) is 17.3 Å². The first-order chi connectivity index (χ1) is 7.40. The zero-order valence-electron chi connectivity index (χ0n) is 9.83. The van der Waals surface area contributed by atoms with Crippen LogP contribution < -0.4 is 16.6 Å². The van der Waals surface area contributed by atoms with Crippen molar-refractivity contribution < 1.29 is 4.79 Å². The van der Waals surface area contributed by atoms with Crippen LogP contribution in [-0.2, 0) is 25.3 Å². The molecule has 1 aromatic heterocycles. The fraction of sp³-hybridized carbons (Fsp3) is 0.500. The predicted octanol–water partition coefficient (Wildman–Crippen LogP) is -0.395. The van der Waals surface area contributed by atoms with Gasteiger partial charge in [-0.25, -0.2) is 4.79 Å². The molecular formula is C10H15N3O3. The minimum Gasteiger partial charge on any atom is -0.312 e. The second kappa shape index (κ2) is 4.34. The van der Waals surface area contributed by atoms with Crippen molar-refractivity contribution >= 4 is 11.7 Å². The summed E-state index contributed by atoms with van der Waals surface area (Å²) in [6, 6.07) is 0. The summed E-state index contributed by atoms with van der Waals surface area (Å²) >= 11 is 0. The lowest BCUT2D eigenvalue weighted by Gasteiger charge is -2.13. The van der Waals surface area contributed by atoms with Crippen molar-refractivity contribution in [2.45, 2.75) is 20.3 Å². The number of carbonyl (C=O) groups excluding carboxylic acids is 1. The zero-order chi connectivity index (χ0) is 12.5. The van der Waals surface area contributed by atoms with Gasteiger partial charge in [-0.3, -0.25) is 18.7 Å². The molecule has 0 saturated carbocycles. The molecule has 1 amide bonds. The molecule has 0 aliphatic heterocycles. The number of aromatic nitrogens is 2. The highest BCUT2D eigenvalue weighted by atomic mass is 16.2. The molecule has 0 fully saturated rings. The van der Waals surface area contributed by atoms with Crippen LogP contribution in [0.3, 0.4) is 0 Å². The van der Waals surface area contributed by atoms with Gasteiger partial charge >= 0.3 is 5.69 Å². The molecule has 0 radical (unpaired) electrons. The largest absolute Gasteiger partial charge is 0.332 e. The summed E-state index contributed by atoms with van der Waals surface area (Å²) < 4.78 is 2.30. The van der Waals surface area contributed by atoms with Crippen LogP contribution in [0.5, 0.6) is 0 Å². The third kappa shape index (κ3) is 1.91. The van der Waals surface area contributed by atoms with E-state index >= 15 is 0 Å². The van der Waals surface area contributed by atoms with Crippen LogP contribution in [0.2, 0.25) is 0 Å². The standard InChI is InChI=1S/C10H15N3O3/c1-5-7-8(11-6(2)14)12(3)10(16)13(4)9(7)15/h5H2,1-4H3,(H,11,14). The van der Waals surface area contributed by atoms with E-state index in [2.05, 4.69) is 5.32 Å². The number of carbonyl (C=O) groups is 1. The first-order valence-electron chi connectivity index (χ1n) is 4.96. The molecule has 16 heavy (non-hydrogen) atoms. The van der Waals surface area contributed by atoms with E-state index in [1.165, 1.54) is 25.6 Å². The van der Waals surface area contributed by atoms with Crippen molar-refractivity contribution in [3.63, 3.8) is 0 Å². The summed E-state index contributed by atoms with van der Waals surface area (Å²) in [5.41, 5.74) is -0.389. The highest BCUT2D eigenvalue weighted by Crippen LogP contribution is 2.08. The first kappa shape index (κ1) is 12.2. The van der Waals surface area contributed by atoms with E-state index in [1.807, 2.05) is 0 Å². The Morgan fingerprint density at radius 1 is 1.25 bits per heavy atom. The molecule has 1 aromatic rings. The maximum atomic E-state index is 11.8. The molecule has 1 rings (SSSR count). The molecule has 0 aromatic carbocycles. The summed E-state index contributed by atoms with van der Waals surface area (Å²) in [5.74, 6) is -0.0268. The molecule has 0 saturated heterocycles. The Kier molecular flexibility index (Phi) is 3.31. The van der Waals surface area contributed by atoms with Crippen molar-refractivity contribution in [1.82, 2.24) is 9.13 Å². The van der Waals surface area contributed by atoms with E-state index in [9.17, 15) is 14.4 Å². The molecular weight excluding hydrogens is 210 g/mol. The van der Waals surface area contributed by atoms with Gasteiger partial charge in [0.15, 0.2) is 0 Å². The van der Waals surface area contributed by atoms with Crippen LogP contribution in [0.4, 0.5) is 5.82 Å². The number of hydrogen-bond donors (Lipinski definition) is 1. The minimum atomic E-state index is -0.453. The van der Waals surface area contributed by atoms with Crippen LogP contribution in [0.15, 0.2) is 9.59 Å². The number of nitrogens with one attached hydrogen (secondary N) is 1. The van der Waals surface area contributed by atoms with Gasteiger partial charge < -0.3 is 5.32 Å². The van der Waals surface area contributed by atoms with Gasteiger partial charge in [0.25, 0.3) is 5.56 Å². The van der Waals surface area contributed by atoms with Gasteiger partial charge in [-0.1, -0.05) is 6.92 Å². The maximum absolute atomic E-state index is 11.8. The molecule has 1 N–H and O–H groups in total. The third-order valence-electron chi connectivity index (χ3n) is 2.41. The lowest BCUT2D eigenvalue weighted by molar-refractivity contribution is -0.114. The number of hydrogen-bond acceptors (Lipinski definition) is 3. The summed E-state index contributed by atoms with van der Waals surface area (Å²) in [4.78, 5) is 34.4. The van der Waals surface area contributed by atoms with E-state index in [0.29, 0.717) is 12.0 Å². The van der Waals surface area contributed by atoms with Crippen LogP contribution in [-0.4, -0.2) is 15.0 Å². The average molecular weight is 225 g/mol. The molecule has 0 atom stereocenters. The van der Waals surface area contributed by atoms with Crippen molar-refractivity contribution in [1.29, 1.82) is 0 Å². The Balaban J connectivity index is 3.64. The van der Waals surface area contributed by atoms with Gasteiger partial charge in [0.2, 0.25) is 5.91 Å². The van der Waals surface area contributed by atoms with E-state index in [1.54, 1.807) is 6.92 Å². The number of rotatable bonds is 2. The predicted molar refractivity (Wildman–Crippen MR) is 60.6 cm³/mol.